The van der Waals surface area contributed by atoms with Gasteiger partial charge in [-0.3, -0.25) is 0 Å². The van der Waals surface area contributed by atoms with Gasteiger partial charge in [0.25, 0.3) is 0 Å². The van der Waals surface area contributed by atoms with E-state index in [0.717, 1.165) is 19.8 Å². The molecule has 0 amide bonds. The number of anilines is 2. The summed E-state index contributed by atoms with van der Waals surface area (Å²) in [6, 6.07) is 17.8. The van der Waals surface area contributed by atoms with Crippen LogP contribution in [0.3, 0.4) is 0 Å². The minimum Gasteiger partial charge on any atom is -0.353 e. The van der Waals surface area contributed by atoms with Crippen LogP contribution in [-0.2, 0) is 0 Å². The highest BCUT2D eigenvalue weighted by Gasteiger charge is 2.27. The van der Waals surface area contributed by atoms with E-state index in [2.05, 4.69) is 99.9 Å². The normalized spacial score (nSPS) is 15.5. The van der Waals surface area contributed by atoms with E-state index in [1.54, 1.807) is 0 Å². The van der Waals surface area contributed by atoms with Crippen molar-refractivity contribution in [1.82, 2.24) is 0 Å². The zero-order valence-corrected chi connectivity index (χ0v) is 17.3. The third-order valence-corrected chi connectivity index (χ3v) is 5.43. The number of benzene rings is 2. The van der Waals surface area contributed by atoms with Gasteiger partial charge in [-0.1, -0.05) is 77.9 Å². The predicted molar refractivity (Wildman–Crippen MR) is 115 cm³/mol. The van der Waals surface area contributed by atoms with Crippen molar-refractivity contribution in [2.75, 3.05) is 29.6 Å². The first kappa shape index (κ1) is 18.8. The molecule has 0 radical (unpaired) electrons. The molecule has 2 heteroatoms. The highest BCUT2D eigenvalue weighted by molar-refractivity contribution is 5.88. The molecule has 2 aromatic carbocycles. The summed E-state index contributed by atoms with van der Waals surface area (Å²) in [5, 5.41) is 0. The lowest BCUT2D eigenvalue weighted by Gasteiger charge is -2.37. The molecule has 0 saturated carbocycles. The zero-order chi connectivity index (χ0) is 18.9. The Kier molecular flexibility index (Phi) is 5.32. The maximum atomic E-state index is 2.59. The first-order valence-electron chi connectivity index (χ1n) is 9.94. The molecule has 3 rings (SSSR count). The smallest absolute Gasteiger partial charge is 0.0903 e. The molecule has 0 saturated heterocycles. The fraction of sp³-hybridized carbons (Fsp3) is 0.500. The predicted octanol–water partition coefficient (Wildman–Crippen LogP) is 6.28. The average Bonchev–Trinajstić information content (AvgIpc) is 2.70. The molecule has 140 valence electrons. The second-order valence-corrected chi connectivity index (χ2v) is 9.38. The summed E-state index contributed by atoms with van der Waals surface area (Å²) in [7, 11) is 0. The van der Waals surface area contributed by atoms with E-state index in [9.17, 15) is 0 Å². The molecule has 1 aliphatic rings. The molecule has 1 unspecified atom stereocenters. The zero-order valence-electron chi connectivity index (χ0n) is 17.3. The van der Waals surface area contributed by atoms with Gasteiger partial charge in [0, 0.05) is 35.6 Å². The lowest BCUT2D eigenvalue weighted by atomic mass is 9.95. The van der Waals surface area contributed by atoms with E-state index in [4.69, 9.17) is 0 Å². The van der Waals surface area contributed by atoms with Crippen LogP contribution in [0.15, 0.2) is 48.5 Å². The van der Waals surface area contributed by atoms with Gasteiger partial charge in [0.15, 0.2) is 0 Å². The molecule has 0 N–H and O–H groups in total. The van der Waals surface area contributed by atoms with Gasteiger partial charge in [-0.25, -0.2) is 0 Å². The van der Waals surface area contributed by atoms with E-state index >= 15 is 0 Å². The van der Waals surface area contributed by atoms with E-state index in [-0.39, 0.29) is 5.41 Å². The van der Waals surface area contributed by atoms with Crippen LogP contribution in [-0.4, -0.2) is 19.8 Å². The summed E-state index contributed by atoms with van der Waals surface area (Å²) in [6.07, 6.45) is 0. The van der Waals surface area contributed by atoms with Crippen molar-refractivity contribution in [3.8, 4) is 11.1 Å². The largest absolute Gasteiger partial charge is 0.353 e. The van der Waals surface area contributed by atoms with Crippen LogP contribution in [0.1, 0.15) is 41.5 Å². The number of hydrogen-bond donors (Lipinski definition) is 0. The van der Waals surface area contributed by atoms with Gasteiger partial charge < -0.3 is 9.80 Å². The summed E-state index contributed by atoms with van der Waals surface area (Å²) in [5.41, 5.74) is 5.68. The van der Waals surface area contributed by atoms with E-state index in [0.29, 0.717) is 11.8 Å². The molecule has 0 aromatic heterocycles. The van der Waals surface area contributed by atoms with Crippen LogP contribution in [0, 0.1) is 17.3 Å². The summed E-state index contributed by atoms with van der Waals surface area (Å²) in [5.74, 6) is 1.34. The second kappa shape index (κ2) is 7.34. The van der Waals surface area contributed by atoms with Gasteiger partial charge >= 0.3 is 0 Å². The summed E-state index contributed by atoms with van der Waals surface area (Å²) < 4.78 is 0. The van der Waals surface area contributed by atoms with Crippen molar-refractivity contribution in [1.29, 1.82) is 0 Å². The molecule has 2 nitrogen and oxygen atoms in total. The molecule has 0 fully saturated rings. The lowest BCUT2D eigenvalue weighted by Crippen LogP contribution is -2.43. The lowest BCUT2D eigenvalue weighted by molar-refractivity contribution is 0.393. The van der Waals surface area contributed by atoms with Gasteiger partial charge in [-0.2, -0.15) is 0 Å². The van der Waals surface area contributed by atoms with Crippen LogP contribution < -0.4 is 9.80 Å². The Bertz CT molecular complexity index is 742. The highest BCUT2D eigenvalue weighted by atomic mass is 15.3. The molecular weight excluding hydrogens is 316 g/mol. The van der Waals surface area contributed by atoms with Crippen molar-refractivity contribution >= 4 is 11.4 Å². The minimum absolute atomic E-state index is 0.249. The molecular formula is C24H34N2. The average molecular weight is 351 g/mol. The first-order valence-corrected chi connectivity index (χ1v) is 9.94. The quantitative estimate of drug-likeness (QED) is 0.640. The number of fused-ring (bicyclic) bond motifs is 3. The Morgan fingerprint density at radius 2 is 1.31 bits per heavy atom. The van der Waals surface area contributed by atoms with Gasteiger partial charge in [-0.05, 0) is 29.4 Å². The number of nitrogens with zero attached hydrogens (tertiary/aromatic N) is 2. The Morgan fingerprint density at radius 3 is 1.81 bits per heavy atom. The molecule has 1 aliphatic heterocycles. The van der Waals surface area contributed by atoms with Crippen molar-refractivity contribution in [3.05, 3.63) is 48.5 Å². The van der Waals surface area contributed by atoms with E-state index < -0.39 is 0 Å². The minimum atomic E-state index is 0.249. The van der Waals surface area contributed by atoms with Crippen LogP contribution in [0.4, 0.5) is 11.4 Å². The number of hydrogen-bond acceptors (Lipinski definition) is 2. The Balaban J connectivity index is 2.08. The van der Waals surface area contributed by atoms with Gasteiger partial charge in [0.2, 0.25) is 0 Å². The maximum Gasteiger partial charge on any atom is 0.0903 e. The summed E-state index contributed by atoms with van der Waals surface area (Å²) in [4.78, 5) is 5.16. The molecule has 0 bridgehead atoms. The van der Waals surface area contributed by atoms with Crippen molar-refractivity contribution in [2.24, 2.45) is 17.3 Å². The van der Waals surface area contributed by atoms with Crippen molar-refractivity contribution < 1.29 is 0 Å². The van der Waals surface area contributed by atoms with E-state index in [1.807, 2.05) is 0 Å². The third kappa shape index (κ3) is 4.06. The first-order chi connectivity index (χ1) is 12.3. The molecule has 0 spiro atoms. The Morgan fingerprint density at radius 1 is 0.808 bits per heavy atom. The summed E-state index contributed by atoms with van der Waals surface area (Å²) >= 11 is 0. The maximum absolute atomic E-state index is 2.59. The molecule has 2 aromatic rings. The standard InChI is InChI=1S/C24H34N2/c1-18(2)19(3)15-25-17-26(16-24(4,5)6)23-14-10-8-12-21(23)20-11-7-9-13-22(20)25/h7-14,18-19H,15-17H2,1-6H3. The molecule has 1 atom stereocenters. The molecule has 0 aliphatic carbocycles. The van der Waals surface area contributed by atoms with E-state index in [1.165, 1.54) is 22.5 Å². The Hall–Kier alpha value is -1.96. The third-order valence-electron chi connectivity index (χ3n) is 5.43. The van der Waals surface area contributed by atoms with Crippen LogP contribution in [0.2, 0.25) is 0 Å². The topological polar surface area (TPSA) is 6.48 Å². The van der Waals surface area contributed by atoms with Crippen LogP contribution >= 0.6 is 0 Å². The van der Waals surface area contributed by atoms with Crippen LogP contribution in [0.25, 0.3) is 11.1 Å². The van der Waals surface area contributed by atoms with Gasteiger partial charge in [0.1, 0.15) is 0 Å². The van der Waals surface area contributed by atoms with Crippen molar-refractivity contribution in [2.45, 2.75) is 41.5 Å². The molecule has 1 heterocycles. The van der Waals surface area contributed by atoms with Crippen LogP contribution in [0.5, 0.6) is 0 Å². The Labute approximate surface area is 159 Å². The highest BCUT2D eigenvalue weighted by Crippen LogP contribution is 2.41. The monoisotopic (exact) mass is 350 g/mol. The fourth-order valence-electron chi connectivity index (χ4n) is 3.74. The number of para-hydroxylation sites is 2. The second-order valence-electron chi connectivity index (χ2n) is 9.38. The SMILES string of the molecule is CC(C)C(C)CN1CN(CC(C)(C)C)c2ccccc2-c2ccccc21. The fourth-order valence-corrected chi connectivity index (χ4v) is 3.74. The van der Waals surface area contributed by atoms with Crippen molar-refractivity contribution in [3.63, 3.8) is 0 Å². The van der Waals surface area contributed by atoms with Gasteiger partial charge in [0.05, 0.1) is 6.67 Å². The summed E-state index contributed by atoms with van der Waals surface area (Å²) in [6.45, 7) is 17.1. The van der Waals surface area contributed by atoms with Gasteiger partial charge in [-0.15, -0.1) is 0 Å². The molecule has 26 heavy (non-hydrogen) atoms. The number of rotatable bonds is 4.